The third kappa shape index (κ3) is 7.41. The van der Waals surface area contributed by atoms with Crippen LogP contribution in [0.5, 0.6) is 0 Å². The van der Waals surface area contributed by atoms with Gasteiger partial charge in [-0.1, -0.05) is 178 Å². The molecule has 8 aromatic rings. The predicted molar refractivity (Wildman–Crippen MR) is 298 cm³/mol. The summed E-state index contributed by atoms with van der Waals surface area (Å²) < 4.78 is 0. The molecule has 0 saturated carbocycles. The van der Waals surface area contributed by atoms with Crippen molar-refractivity contribution in [2.45, 2.75) is 111 Å². The molecule has 4 heteroatoms. The fraction of sp³-hybridized carbons (Fsp3) is 0.262. The van der Waals surface area contributed by atoms with Crippen LogP contribution in [-0.2, 0) is 21.7 Å². The molecule has 11 rings (SSSR count). The summed E-state index contributed by atoms with van der Waals surface area (Å²) in [5, 5.41) is 0. The van der Waals surface area contributed by atoms with E-state index in [2.05, 4.69) is 268 Å². The van der Waals surface area contributed by atoms with E-state index in [9.17, 15) is 0 Å². The van der Waals surface area contributed by atoms with Crippen molar-refractivity contribution in [1.29, 1.82) is 0 Å². The molecule has 0 N–H and O–H groups in total. The van der Waals surface area contributed by atoms with Crippen LogP contribution in [0.15, 0.2) is 170 Å². The van der Waals surface area contributed by atoms with E-state index >= 15 is 0 Å². The number of rotatable bonds is 6. The van der Waals surface area contributed by atoms with Gasteiger partial charge < -0.3 is 14.7 Å². The lowest BCUT2D eigenvalue weighted by Gasteiger charge is -2.46. The third-order valence-corrected chi connectivity index (χ3v) is 15.5. The summed E-state index contributed by atoms with van der Waals surface area (Å²) in [5.41, 5.74) is 25.3. The number of benzene rings is 8. The van der Waals surface area contributed by atoms with E-state index < -0.39 is 0 Å². The summed E-state index contributed by atoms with van der Waals surface area (Å²) in [5.74, 6) is 0. The largest absolute Gasteiger partial charge is 0.311 e. The van der Waals surface area contributed by atoms with Gasteiger partial charge in [0.25, 0.3) is 6.71 Å². The first kappa shape index (κ1) is 44.7. The molecule has 0 aromatic heterocycles. The summed E-state index contributed by atoms with van der Waals surface area (Å²) in [6, 6.07) is 64.7. The normalized spacial score (nSPS) is 15.3. The Hall–Kier alpha value is -6.78. The van der Waals surface area contributed by atoms with Gasteiger partial charge in [-0.25, -0.2) is 0 Å². The number of nitrogens with zero attached hydrogens (tertiary/aromatic N) is 3. The van der Waals surface area contributed by atoms with Crippen molar-refractivity contribution in [3.63, 3.8) is 0 Å². The smallest absolute Gasteiger partial charge is 0.252 e. The van der Waals surface area contributed by atoms with Gasteiger partial charge in [0.1, 0.15) is 0 Å². The van der Waals surface area contributed by atoms with Gasteiger partial charge in [0.15, 0.2) is 0 Å². The van der Waals surface area contributed by atoms with Gasteiger partial charge in [0.2, 0.25) is 0 Å². The van der Waals surface area contributed by atoms with Crippen LogP contribution in [0.3, 0.4) is 0 Å². The maximum absolute atomic E-state index is 2.65. The Kier molecular flexibility index (Phi) is 10.3. The van der Waals surface area contributed by atoms with Crippen molar-refractivity contribution in [3.05, 3.63) is 203 Å². The number of fused-ring (bicyclic) bond motifs is 5. The van der Waals surface area contributed by atoms with Gasteiger partial charge in [-0.15, -0.1) is 0 Å². The average molecular weight is 900 g/mol. The summed E-state index contributed by atoms with van der Waals surface area (Å²) in [6.45, 7) is 28.4. The number of hydrogen-bond acceptors (Lipinski definition) is 3. The maximum Gasteiger partial charge on any atom is 0.252 e. The van der Waals surface area contributed by atoms with Crippen molar-refractivity contribution in [2.24, 2.45) is 0 Å². The third-order valence-electron chi connectivity index (χ3n) is 15.5. The Labute approximate surface area is 412 Å². The molecule has 0 saturated heterocycles. The molecule has 0 amide bonds. The highest BCUT2D eigenvalue weighted by Gasteiger charge is 2.47. The lowest BCUT2D eigenvalue weighted by molar-refractivity contribution is 0.403. The highest BCUT2D eigenvalue weighted by atomic mass is 15.2. The molecular formula is C65H66BN3. The minimum absolute atomic E-state index is 0.0128. The molecule has 69 heavy (non-hydrogen) atoms. The van der Waals surface area contributed by atoms with Crippen molar-refractivity contribution in [2.75, 3.05) is 14.7 Å². The molecule has 1 aliphatic carbocycles. The van der Waals surface area contributed by atoms with E-state index in [1.807, 2.05) is 0 Å². The molecule has 344 valence electrons. The van der Waals surface area contributed by atoms with Gasteiger partial charge in [0.05, 0.1) is 5.69 Å². The molecule has 3 nitrogen and oxygen atoms in total. The molecule has 0 radical (unpaired) electrons. The van der Waals surface area contributed by atoms with Crippen LogP contribution >= 0.6 is 0 Å². The molecule has 2 heterocycles. The van der Waals surface area contributed by atoms with E-state index in [4.69, 9.17) is 0 Å². The Morgan fingerprint density at radius 1 is 0.420 bits per heavy atom. The SMILES string of the molecule is Cc1cc(C(C)(C)C)ccc1N1c2ccc(C(C)(C)C)cc2B2c3cc(-c4ccccc4)ccc3N(c3cc4c(cc3C)C(C)(C)CC4(C)C)c3cc(N(c4ccccc4)c4ccccc4)cc1c32. The molecule has 3 aliphatic rings. The van der Waals surface area contributed by atoms with E-state index in [0.29, 0.717) is 0 Å². The van der Waals surface area contributed by atoms with E-state index in [-0.39, 0.29) is 28.4 Å². The highest BCUT2D eigenvalue weighted by Crippen LogP contribution is 2.54. The summed E-state index contributed by atoms with van der Waals surface area (Å²) in [4.78, 5) is 7.72. The lowest BCUT2D eigenvalue weighted by atomic mass is 9.33. The van der Waals surface area contributed by atoms with E-state index in [1.165, 1.54) is 95.0 Å². The van der Waals surface area contributed by atoms with Crippen LogP contribution in [0.2, 0.25) is 0 Å². The zero-order valence-corrected chi connectivity index (χ0v) is 42.8. The molecule has 2 aliphatic heterocycles. The number of para-hydroxylation sites is 2. The monoisotopic (exact) mass is 900 g/mol. The van der Waals surface area contributed by atoms with Crippen LogP contribution in [-0.4, -0.2) is 6.71 Å². The quantitative estimate of drug-likeness (QED) is 0.154. The number of aryl methyl sites for hydroxylation is 2. The van der Waals surface area contributed by atoms with Crippen molar-refractivity contribution in [1.82, 2.24) is 0 Å². The molecule has 0 unspecified atom stereocenters. The predicted octanol–water partition coefficient (Wildman–Crippen LogP) is 16.1. The van der Waals surface area contributed by atoms with Crippen LogP contribution in [0.4, 0.5) is 51.2 Å². The fourth-order valence-electron chi connectivity index (χ4n) is 12.2. The van der Waals surface area contributed by atoms with Gasteiger partial charge in [0, 0.05) is 45.5 Å². The highest BCUT2D eigenvalue weighted by molar-refractivity contribution is 7.00. The van der Waals surface area contributed by atoms with Gasteiger partial charge in [-0.2, -0.15) is 0 Å². The van der Waals surface area contributed by atoms with Crippen molar-refractivity contribution < 1.29 is 0 Å². The second-order valence-electron chi connectivity index (χ2n) is 23.6. The van der Waals surface area contributed by atoms with Gasteiger partial charge >= 0.3 is 0 Å². The Bertz CT molecular complexity index is 3260. The minimum Gasteiger partial charge on any atom is -0.311 e. The fourth-order valence-corrected chi connectivity index (χ4v) is 12.2. The standard InChI is InChI=1S/C65H66BN3/c1-42-34-46(62(3,4)5)29-32-55(42)68-57-33-30-47(63(6,7)8)37-54(57)66-53-36-45(44-22-16-13-17-23-44)28-31-56(53)69(58-40-52-51(35-43(58)2)64(9,10)41-65(52,11)12)60-39-50(38-59(68)61(60)66)67(48-24-18-14-19-25-48)49-26-20-15-21-27-49/h13-40H,41H2,1-12H3. The van der Waals surface area contributed by atoms with Gasteiger partial charge in [-0.05, 0) is 163 Å². The molecule has 0 spiro atoms. The van der Waals surface area contributed by atoms with Crippen LogP contribution in [0, 0.1) is 13.8 Å². The molecular weight excluding hydrogens is 834 g/mol. The van der Waals surface area contributed by atoms with Crippen molar-refractivity contribution in [3.8, 4) is 11.1 Å². The second-order valence-corrected chi connectivity index (χ2v) is 23.6. The second kappa shape index (κ2) is 15.9. The zero-order valence-electron chi connectivity index (χ0n) is 42.8. The van der Waals surface area contributed by atoms with Gasteiger partial charge in [-0.3, -0.25) is 0 Å². The lowest BCUT2D eigenvalue weighted by Crippen LogP contribution is -2.61. The van der Waals surface area contributed by atoms with Crippen LogP contribution in [0.25, 0.3) is 11.1 Å². The van der Waals surface area contributed by atoms with E-state index in [0.717, 1.165) is 23.5 Å². The Morgan fingerprint density at radius 2 is 0.884 bits per heavy atom. The topological polar surface area (TPSA) is 9.72 Å². The molecule has 0 fully saturated rings. The summed E-state index contributed by atoms with van der Waals surface area (Å²) in [7, 11) is 0. The first-order valence-corrected chi connectivity index (χ1v) is 25.1. The Balaban J connectivity index is 1.30. The molecule has 0 bridgehead atoms. The zero-order chi connectivity index (χ0) is 48.4. The molecule has 0 atom stereocenters. The van der Waals surface area contributed by atoms with Crippen LogP contribution in [0.1, 0.15) is 109 Å². The first-order valence-electron chi connectivity index (χ1n) is 25.1. The van der Waals surface area contributed by atoms with Crippen LogP contribution < -0.4 is 31.1 Å². The number of anilines is 9. The summed E-state index contributed by atoms with van der Waals surface area (Å²) >= 11 is 0. The molecule has 8 aromatic carbocycles. The average Bonchev–Trinajstić information content (AvgIpc) is 3.50. The Morgan fingerprint density at radius 3 is 1.43 bits per heavy atom. The number of hydrogen-bond donors (Lipinski definition) is 0. The first-order chi connectivity index (χ1) is 32.8. The van der Waals surface area contributed by atoms with E-state index in [1.54, 1.807) is 0 Å². The minimum atomic E-state index is -0.0551. The maximum atomic E-state index is 2.65. The summed E-state index contributed by atoms with van der Waals surface area (Å²) in [6.07, 6.45) is 1.11. The van der Waals surface area contributed by atoms with Crippen molar-refractivity contribution >= 4 is 74.3 Å².